The van der Waals surface area contributed by atoms with Crippen molar-refractivity contribution in [2.24, 2.45) is 5.92 Å². The van der Waals surface area contributed by atoms with Gasteiger partial charge in [-0.25, -0.2) is 19.0 Å². The zero-order valence-electron chi connectivity index (χ0n) is 16.8. The minimum atomic E-state index is -1.39. The third kappa shape index (κ3) is 3.33. The lowest BCUT2D eigenvalue weighted by atomic mass is 9.92. The largest absolute Gasteiger partial charge is 0.477 e. The van der Waals surface area contributed by atoms with E-state index in [4.69, 9.17) is 9.84 Å². The molecule has 1 amide bonds. The molecule has 164 valence electrons. The van der Waals surface area contributed by atoms with Crippen molar-refractivity contribution < 1.29 is 23.8 Å². The molecule has 32 heavy (non-hydrogen) atoms. The van der Waals surface area contributed by atoms with Crippen molar-refractivity contribution in [1.82, 2.24) is 14.9 Å². The molecule has 4 heterocycles. The summed E-state index contributed by atoms with van der Waals surface area (Å²) in [7, 11) is 0. The maximum atomic E-state index is 14.8. The van der Waals surface area contributed by atoms with Crippen molar-refractivity contribution in [1.29, 1.82) is 0 Å². The summed E-state index contributed by atoms with van der Waals surface area (Å²) in [4.78, 5) is 46.1. The second-order valence-corrected chi connectivity index (χ2v) is 7.95. The minimum Gasteiger partial charge on any atom is -0.477 e. The number of ether oxygens (including phenoxy) is 1. The number of nitrogens with zero attached hydrogens (tertiary/aromatic N) is 3. The van der Waals surface area contributed by atoms with Crippen LogP contribution in [0.2, 0.25) is 0 Å². The monoisotopic (exact) mass is 438 g/mol. The average Bonchev–Trinajstić information content (AvgIpc) is 3.10. The molecule has 0 bridgehead atoms. The molecule has 3 aromatic rings. The number of halogens is 1. The summed E-state index contributed by atoms with van der Waals surface area (Å²) in [5.74, 6) is -1.87. The maximum absolute atomic E-state index is 14.8. The number of carbonyl (C=O) groups is 2. The van der Waals surface area contributed by atoms with Crippen LogP contribution < -0.4 is 10.3 Å². The highest BCUT2D eigenvalue weighted by Gasteiger charge is 2.48. The van der Waals surface area contributed by atoms with Crippen LogP contribution in [0.3, 0.4) is 0 Å². The fourth-order valence-electron chi connectivity index (χ4n) is 4.31. The quantitative estimate of drug-likeness (QED) is 0.642. The normalized spacial score (nSPS) is 19.5. The average molecular weight is 438 g/mol. The van der Waals surface area contributed by atoms with E-state index in [1.165, 1.54) is 0 Å². The molecular formula is C22H19FN4O5. The standard InChI is InChI=1S/C22H19FN4O5/c23-16-6-14-18(28)15(21(29)30)7-24-19(14)25-20(16)27-9-13-8-26(10-17(13)27)22(31)32-11-12-4-2-1-3-5-12/h1-7,13,17H,8-11H2,(H,29,30)(H,24,25,28). The number of aromatic amines is 1. The number of aromatic nitrogens is 2. The molecule has 5 rings (SSSR count). The summed E-state index contributed by atoms with van der Waals surface area (Å²) in [6, 6.07) is 10.3. The number of rotatable bonds is 4. The number of H-pyrrole nitrogens is 1. The Balaban J connectivity index is 1.31. The van der Waals surface area contributed by atoms with Crippen LogP contribution >= 0.6 is 0 Å². The molecule has 2 unspecified atom stereocenters. The van der Waals surface area contributed by atoms with Crippen molar-refractivity contribution in [2.45, 2.75) is 12.6 Å². The second kappa shape index (κ2) is 7.63. The van der Waals surface area contributed by atoms with Gasteiger partial charge in [0.05, 0.1) is 11.4 Å². The smallest absolute Gasteiger partial charge is 0.410 e. The molecule has 2 aliphatic rings. The Hall–Kier alpha value is -3.95. The van der Waals surface area contributed by atoms with Crippen LogP contribution in [-0.2, 0) is 11.3 Å². The first kappa shape index (κ1) is 20.0. The third-order valence-corrected chi connectivity index (χ3v) is 6.00. The number of carboxylic acid groups (broad SMARTS) is 1. The molecule has 9 nitrogen and oxygen atoms in total. The van der Waals surface area contributed by atoms with Gasteiger partial charge in [0.25, 0.3) is 0 Å². The molecular weight excluding hydrogens is 419 g/mol. The van der Waals surface area contributed by atoms with Crippen molar-refractivity contribution in [2.75, 3.05) is 24.5 Å². The first-order valence-electron chi connectivity index (χ1n) is 10.1. The Morgan fingerprint density at radius 3 is 2.75 bits per heavy atom. The van der Waals surface area contributed by atoms with Crippen molar-refractivity contribution in [3.8, 4) is 0 Å². The van der Waals surface area contributed by atoms with Crippen molar-refractivity contribution in [3.05, 3.63) is 69.8 Å². The van der Waals surface area contributed by atoms with Gasteiger partial charge in [0.2, 0.25) is 5.43 Å². The number of hydrogen-bond donors (Lipinski definition) is 2. The van der Waals surface area contributed by atoms with Gasteiger partial charge in [-0.05, 0) is 11.6 Å². The number of pyridine rings is 2. The second-order valence-electron chi connectivity index (χ2n) is 7.95. The van der Waals surface area contributed by atoms with Gasteiger partial charge in [-0.3, -0.25) is 4.79 Å². The Kier molecular flexibility index (Phi) is 4.76. The van der Waals surface area contributed by atoms with Gasteiger partial charge >= 0.3 is 12.1 Å². The van der Waals surface area contributed by atoms with Crippen molar-refractivity contribution >= 4 is 28.9 Å². The highest BCUT2D eigenvalue weighted by molar-refractivity contribution is 5.91. The number of amides is 1. The van der Waals surface area contributed by atoms with Crippen LogP contribution in [0.25, 0.3) is 11.0 Å². The number of aromatic carboxylic acids is 1. The summed E-state index contributed by atoms with van der Waals surface area (Å²) >= 11 is 0. The maximum Gasteiger partial charge on any atom is 0.410 e. The molecule has 0 radical (unpaired) electrons. The van der Waals surface area contributed by atoms with Gasteiger partial charge in [-0.1, -0.05) is 30.3 Å². The highest BCUT2D eigenvalue weighted by atomic mass is 19.1. The molecule has 2 N–H and O–H groups in total. The van der Waals surface area contributed by atoms with Gasteiger partial charge < -0.3 is 24.6 Å². The van der Waals surface area contributed by atoms with Crippen LogP contribution in [0.5, 0.6) is 0 Å². The lowest BCUT2D eigenvalue weighted by Gasteiger charge is -2.44. The Labute approximate surface area is 181 Å². The first-order chi connectivity index (χ1) is 15.4. The van der Waals surface area contributed by atoms with E-state index < -0.39 is 28.9 Å². The van der Waals surface area contributed by atoms with E-state index in [2.05, 4.69) is 9.97 Å². The molecule has 0 saturated carbocycles. The summed E-state index contributed by atoms with van der Waals surface area (Å²) in [6.45, 7) is 1.59. The molecule has 2 aliphatic heterocycles. The van der Waals surface area contributed by atoms with Crippen LogP contribution in [-0.4, -0.2) is 57.7 Å². The van der Waals surface area contributed by atoms with E-state index >= 15 is 0 Å². The van der Waals surface area contributed by atoms with Gasteiger partial charge in [0, 0.05) is 31.7 Å². The van der Waals surface area contributed by atoms with Crippen LogP contribution in [0.4, 0.5) is 15.0 Å². The molecule has 2 aromatic heterocycles. The molecule has 0 aliphatic carbocycles. The first-order valence-corrected chi connectivity index (χ1v) is 10.1. The van der Waals surface area contributed by atoms with Gasteiger partial charge in [0.1, 0.15) is 17.8 Å². The lowest BCUT2D eigenvalue weighted by Crippen LogP contribution is -2.56. The number of fused-ring (bicyclic) bond motifs is 2. The van der Waals surface area contributed by atoms with E-state index in [-0.39, 0.29) is 35.4 Å². The number of likely N-dealkylation sites (tertiary alicyclic amines) is 1. The third-order valence-electron chi connectivity index (χ3n) is 6.00. The number of carbonyl (C=O) groups excluding carboxylic acids is 1. The molecule has 2 atom stereocenters. The van der Waals surface area contributed by atoms with Gasteiger partial charge in [0.15, 0.2) is 11.6 Å². The molecule has 2 saturated heterocycles. The molecule has 10 heteroatoms. The summed E-state index contributed by atoms with van der Waals surface area (Å²) < 4.78 is 20.2. The number of hydrogen-bond acceptors (Lipinski definition) is 6. The SMILES string of the molecule is O=C(O)c1c[nH]c2nc(N3CC4CN(C(=O)OCc5ccccc5)CC43)c(F)cc2c1=O. The van der Waals surface area contributed by atoms with E-state index in [1.807, 2.05) is 30.3 Å². The topological polar surface area (TPSA) is 116 Å². The predicted octanol–water partition coefficient (Wildman–Crippen LogP) is 2.22. The lowest BCUT2D eigenvalue weighted by molar-refractivity contribution is 0.0695. The highest BCUT2D eigenvalue weighted by Crippen LogP contribution is 2.37. The summed E-state index contributed by atoms with van der Waals surface area (Å²) in [5, 5.41) is 8.95. The molecule has 0 spiro atoms. The Morgan fingerprint density at radius 1 is 1.22 bits per heavy atom. The minimum absolute atomic E-state index is 0.0666. The van der Waals surface area contributed by atoms with Crippen molar-refractivity contribution in [3.63, 3.8) is 0 Å². The fourth-order valence-corrected chi connectivity index (χ4v) is 4.31. The number of nitrogens with one attached hydrogen (secondary N) is 1. The zero-order valence-corrected chi connectivity index (χ0v) is 16.8. The summed E-state index contributed by atoms with van der Waals surface area (Å²) in [5.41, 5.74) is -0.265. The number of carboxylic acids is 1. The zero-order chi connectivity index (χ0) is 22.4. The van der Waals surface area contributed by atoms with Crippen LogP contribution in [0.1, 0.15) is 15.9 Å². The number of benzene rings is 1. The molecule has 2 fully saturated rings. The van der Waals surface area contributed by atoms with Crippen LogP contribution in [0.15, 0.2) is 47.4 Å². The van der Waals surface area contributed by atoms with Gasteiger partial charge in [-0.2, -0.15) is 0 Å². The Morgan fingerprint density at radius 2 is 2.00 bits per heavy atom. The van der Waals surface area contributed by atoms with Crippen LogP contribution in [0, 0.1) is 11.7 Å². The van der Waals surface area contributed by atoms with E-state index in [1.54, 1.807) is 9.80 Å². The fraction of sp³-hybridized carbons (Fsp3) is 0.273. The number of anilines is 1. The predicted molar refractivity (Wildman–Crippen MR) is 112 cm³/mol. The Bertz CT molecular complexity index is 1280. The van der Waals surface area contributed by atoms with E-state index in [0.717, 1.165) is 17.8 Å². The van der Waals surface area contributed by atoms with Gasteiger partial charge in [-0.15, -0.1) is 0 Å². The molecule has 1 aromatic carbocycles. The van der Waals surface area contributed by atoms with E-state index in [9.17, 15) is 18.8 Å². The van der Waals surface area contributed by atoms with E-state index in [0.29, 0.717) is 19.6 Å². The summed E-state index contributed by atoms with van der Waals surface area (Å²) in [6.07, 6.45) is 0.640.